The second-order valence-corrected chi connectivity index (χ2v) is 9.49. The fourth-order valence-corrected chi connectivity index (χ4v) is 4.66. The van der Waals surface area contributed by atoms with Gasteiger partial charge in [-0.15, -0.1) is 0 Å². The van der Waals surface area contributed by atoms with E-state index in [1.54, 1.807) is 11.8 Å². The second kappa shape index (κ2) is 11.1. The maximum Gasteiger partial charge on any atom is 0.335 e. The molecule has 0 aliphatic carbocycles. The number of halogens is 1. The number of benzene rings is 2. The summed E-state index contributed by atoms with van der Waals surface area (Å²) in [7, 11) is 2.18. The lowest BCUT2D eigenvalue weighted by Crippen LogP contribution is -2.39. The van der Waals surface area contributed by atoms with Gasteiger partial charge >= 0.3 is 11.9 Å². The number of carboxylic acid groups (broad SMARTS) is 2. The van der Waals surface area contributed by atoms with Crippen LogP contribution in [0.5, 0.6) is 0 Å². The molecule has 2 unspecified atom stereocenters. The van der Waals surface area contributed by atoms with Crippen LogP contribution in [0.1, 0.15) is 12.0 Å². The van der Waals surface area contributed by atoms with Gasteiger partial charge in [-0.05, 0) is 49.4 Å². The van der Waals surface area contributed by atoms with Crippen molar-refractivity contribution in [2.24, 2.45) is 4.99 Å². The molecule has 4 N–H and O–H groups in total. The molecule has 0 fully saturated rings. The standard InChI is InChI=1S/C19H17BrN2S.C4H6O6/c1-22-10-4-5-13(12-22)19-15-11-14(20)8-9-17(15)23-18-7-3-2-6-16(18)21-19;5-1(3(7)8)2(6)4(9)10/h2-3,5-9,11H,4,10,12H2,1H3;1-2,5-6H,(H,7,8)(H,9,10). The van der Waals surface area contributed by atoms with Crippen LogP contribution in [0.3, 0.4) is 0 Å². The number of nitrogens with zero attached hydrogens (tertiary/aromatic N) is 2. The van der Waals surface area contributed by atoms with Gasteiger partial charge in [-0.3, -0.25) is 0 Å². The molecular weight excluding hydrogens is 512 g/mol. The minimum absolute atomic E-state index is 0.956. The molecule has 4 rings (SSSR count). The molecule has 2 aromatic carbocycles. The molecule has 2 aliphatic rings. The Kier molecular flexibility index (Phi) is 8.44. The number of likely N-dealkylation sites (N-methyl/N-ethyl adjacent to an activating group) is 1. The summed E-state index contributed by atoms with van der Waals surface area (Å²) < 4.78 is 1.10. The van der Waals surface area contributed by atoms with Crippen LogP contribution in [0, 0.1) is 0 Å². The van der Waals surface area contributed by atoms with Gasteiger partial charge in [0, 0.05) is 32.9 Å². The average molecular weight is 535 g/mol. The lowest BCUT2D eigenvalue weighted by Gasteiger charge is -2.24. The third-order valence-corrected chi connectivity index (χ3v) is 6.60. The quantitative estimate of drug-likeness (QED) is 0.470. The number of aliphatic carboxylic acids is 2. The van der Waals surface area contributed by atoms with Crippen LogP contribution in [0.25, 0.3) is 0 Å². The van der Waals surface area contributed by atoms with Gasteiger partial charge in [-0.2, -0.15) is 0 Å². The van der Waals surface area contributed by atoms with Crippen molar-refractivity contribution >= 4 is 51.0 Å². The number of fused-ring (bicyclic) bond motifs is 2. The molecule has 8 nitrogen and oxygen atoms in total. The Morgan fingerprint density at radius 3 is 2.36 bits per heavy atom. The molecule has 33 heavy (non-hydrogen) atoms. The van der Waals surface area contributed by atoms with E-state index in [1.165, 1.54) is 20.9 Å². The van der Waals surface area contributed by atoms with E-state index in [2.05, 4.69) is 76.4 Å². The monoisotopic (exact) mass is 534 g/mol. The van der Waals surface area contributed by atoms with Crippen LogP contribution < -0.4 is 0 Å². The lowest BCUT2D eigenvalue weighted by molar-refractivity contribution is -0.165. The Bertz CT molecular complexity index is 1100. The minimum Gasteiger partial charge on any atom is -0.479 e. The SMILES string of the molecule is CN1CCC=C(C2=Nc3ccccc3Sc3ccc(Br)cc32)C1.O=C(O)C(O)C(O)C(=O)O. The number of hydrogen-bond acceptors (Lipinski definition) is 7. The maximum absolute atomic E-state index is 9.77. The summed E-state index contributed by atoms with van der Waals surface area (Å²) in [5, 5.41) is 32.5. The highest BCUT2D eigenvalue weighted by molar-refractivity contribution is 9.10. The van der Waals surface area contributed by atoms with Crippen LogP contribution in [0.15, 0.2) is 73.4 Å². The topological polar surface area (TPSA) is 131 Å². The molecule has 0 radical (unpaired) electrons. The highest BCUT2D eigenvalue weighted by atomic mass is 79.9. The van der Waals surface area contributed by atoms with Gasteiger partial charge < -0.3 is 25.3 Å². The number of aliphatic hydroxyl groups is 2. The summed E-state index contributed by atoms with van der Waals surface area (Å²) in [6.45, 7) is 2.07. The molecule has 2 aliphatic heterocycles. The largest absolute Gasteiger partial charge is 0.479 e. The second-order valence-electron chi connectivity index (χ2n) is 7.49. The first-order valence-electron chi connectivity index (χ1n) is 10.0. The summed E-state index contributed by atoms with van der Waals surface area (Å²) in [6.07, 6.45) is -1.10. The van der Waals surface area contributed by atoms with E-state index in [-0.39, 0.29) is 0 Å². The van der Waals surface area contributed by atoms with Gasteiger partial charge in [0.25, 0.3) is 0 Å². The summed E-state index contributed by atoms with van der Waals surface area (Å²) >= 11 is 5.42. The lowest BCUT2D eigenvalue weighted by atomic mass is 9.98. The molecule has 0 amide bonds. The summed E-state index contributed by atoms with van der Waals surface area (Å²) in [6, 6.07) is 14.9. The molecular formula is C23H23BrN2O6S. The van der Waals surface area contributed by atoms with Crippen molar-refractivity contribution in [3.05, 3.63) is 64.1 Å². The van der Waals surface area contributed by atoms with Crippen molar-refractivity contribution in [2.45, 2.75) is 28.4 Å². The van der Waals surface area contributed by atoms with Gasteiger partial charge in [-0.25, -0.2) is 14.6 Å². The molecule has 0 spiro atoms. The number of hydrogen-bond donors (Lipinski definition) is 4. The molecule has 2 aromatic rings. The fourth-order valence-electron chi connectivity index (χ4n) is 3.29. The van der Waals surface area contributed by atoms with Crippen LogP contribution >= 0.6 is 27.7 Å². The van der Waals surface area contributed by atoms with Crippen molar-refractivity contribution in [3.8, 4) is 0 Å². The van der Waals surface area contributed by atoms with Crippen molar-refractivity contribution in [3.63, 3.8) is 0 Å². The first-order chi connectivity index (χ1) is 15.7. The smallest absolute Gasteiger partial charge is 0.335 e. The zero-order chi connectivity index (χ0) is 24.1. The molecule has 10 heteroatoms. The van der Waals surface area contributed by atoms with Crippen LogP contribution in [0.2, 0.25) is 0 Å². The average Bonchev–Trinajstić information content (AvgIpc) is 2.95. The van der Waals surface area contributed by atoms with E-state index in [9.17, 15) is 9.59 Å². The summed E-state index contributed by atoms with van der Waals surface area (Å²) in [5.41, 5.74) is 4.73. The fraction of sp³-hybridized carbons (Fsp3) is 0.261. The molecule has 0 saturated heterocycles. The maximum atomic E-state index is 9.77. The summed E-state index contributed by atoms with van der Waals surface area (Å²) in [5.74, 6) is -3.54. The van der Waals surface area contributed by atoms with Gasteiger partial charge in [-0.1, -0.05) is 45.9 Å². The Balaban J connectivity index is 0.000000262. The number of para-hydroxylation sites is 1. The van der Waals surface area contributed by atoms with Gasteiger partial charge in [0.15, 0.2) is 12.2 Å². The summed E-state index contributed by atoms with van der Waals surface area (Å²) in [4.78, 5) is 29.5. The van der Waals surface area contributed by atoms with Crippen molar-refractivity contribution in [1.29, 1.82) is 0 Å². The van der Waals surface area contributed by atoms with Crippen molar-refractivity contribution in [2.75, 3.05) is 20.1 Å². The third-order valence-electron chi connectivity index (χ3n) is 4.97. The van der Waals surface area contributed by atoms with Gasteiger partial charge in [0.2, 0.25) is 0 Å². The minimum atomic E-state index is -2.27. The van der Waals surface area contributed by atoms with Crippen molar-refractivity contribution in [1.82, 2.24) is 4.90 Å². The van der Waals surface area contributed by atoms with E-state index in [0.717, 1.165) is 35.4 Å². The van der Waals surface area contributed by atoms with E-state index < -0.39 is 24.1 Å². The Morgan fingerprint density at radius 2 is 1.73 bits per heavy atom. The predicted molar refractivity (Wildman–Crippen MR) is 128 cm³/mol. The van der Waals surface area contributed by atoms with Gasteiger partial charge in [0.1, 0.15) is 0 Å². The number of aliphatic hydroxyl groups excluding tert-OH is 2. The number of carbonyl (C=O) groups is 2. The predicted octanol–water partition coefficient (Wildman–Crippen LogP) is 3.17. The van der Waals surface area contributed by atoms with Crippen molar-refractivity contribution < 1.29 is 30.0 Å². The molecule has 2 atom stereocenters. The first-order valence-corrected chi connectivity index (χ1v) is 11.6. The zero-order valence-corrected chi connectivity index (χ0v) is 20.1. The van der Waals surface area contributed by atoms with E-state index >= 15 is 0 Å². The third kappa shape index (κ3) is 6.30. The van der Waals surface area contributed by atoms with Crippen LogP contribution in [-0.2, 0) is 9.59 Å². The zero-order valence-electron chi connectivity index (χ0n) is 17.7. The van der Waals surface area contributed by atoms with E-state index in [0.29, 0.717) is 0 Å². The Hall–Kier alpha value is -2.50. The molecule has 174 valence electrons. The van der Waals surface area contributed by atoms with Crippen LogP contribution in [-0.4, -0.2) is 75.3 Å². The van der Waals surface area contributed by atoms with Crippen LogP contribution in [0.4, 0.5) is 5.69 Å². The first kappa shape index (κ1) is 25.1. The molecule has 2 heterocycles. The van der Waals surface area contributed by atoms with Gasteiger partial charge in [0.05, 0.1) is 11.4 Å². The van der Waals surface area contributed by atoms with E-state index in [1.807, 2.05) is 0 Å². The molecule has 0 bridgehead atoms. The number of carboxylic acids is 2. The van der Waals surface area contributed by atoms with E-state index in [4.69, 9.17) is 25.4 Å². The highest BCUT2D eigenvalue weighted by Gasteiger charge is 2.29. The number of rotatable bonds is 4. The highest BCUT2D eigenvalue weighted by Crippen LogP contribution is 2.42. The molecule has 0 saturated carbocycles. The Morgan fingerprint density at radius 1 is 1.06 bits per heavy atom. The normalized spacial score (nSPS) is 17.1. The molecule has 0 aromatic heterocycles. The number of aliphatic imine (C=N–C) groups is 1. The Labute approximate surface area is 203 Å².